The Morgan fingerprint density at radius 3 is 2.76 bits per heavy atom. The van der Waals surface area contributed by atoms with E-state index in [0.717, 1.165) is 12.3 Å². The molecular weight excluding hydrogens is 272 g/mol. The van der Waals surface area contributed by atoms with Crippen LogP contribution in [0.5, 0.6) is 5.75 Å². The van der Waals surface area contributed by atoms with Crippen LogP contribution in [0.4, 0.5) is 5.69 Å². The molecule has 0 aliphatic carbocycles. The van der Waals surface area contributed by atoms with Crippen molar-refractivity contribution in [2.75, 3.05) is 13.7 Å². The SMILES string of the molecule is CCNC(C)c1ccc(-c2ccc(OC)c([N+](=O)[O-])c2)o1. The summed E-state index contributed by atoms with van der Waals surface area (Å²) in [6.07, 6.45) is 0. The Morgan fingerprint density at radius 2 is 2.14 bits per heavy atom. The van der Waals surface area contributed by atoms with E-state index < -0.39 is 4.92 Å². The monoisotopic (exact) mass is 290 g/mol. The first-order valence-electron chi connectivity index (χ1n) is 6.72. The van der Waals surface area contributed by atoms with Crippen molar-refractivity contribution < 1.29 is 14.1 Å². The molecule has 1 aromatic carbocycles. The van der Waals surface area contributed by atoms with E-state index in [1.54, 1.807) is 12.1 Å². The third kappa shape index (κ3) is 3.22. The highest BCUT2D eigenvalue weighted by Gasteiger charge is 2.18. The van der Waals surface area contributed by atoms with Gasteiger partial charge in [-0.3, -0.25) is 10.1 Å². The van der Waals surface area contributed by atoms with Crippen molar-refractivity contribution in [2.45, 2.75) is 19.9 Å². The van der Waals surface area contributed by atoms with Crippen molar-refractivity contribution in [1.82, 2.24) is 5.32 Å². The van der Waals surface area contributed by atoms with E-state index in [0.29, 0.717) is 11.3 Å². The summed E-state index contributed by atoms with van der Waals surface area (Å²) in [4.78, 5) is 10.6. The maximum Gasteiger partial charge on any atom is 0.311 e. The van der Waals surface area contributed by atoms with E-state index in [9.17, 15) is 10.1 Å². The van der Waals surface area contributed by atoms with Gasteiger partial charge in [0.15, 0.2) is 5.75 Å². The van der Waals surface area contributed by atoms with Crippen LogP contribution in [0.3, 0.4) is 0 Å². The fourth-order valence-electron chi connectivity index (χ4n) is 2.13. The van der Waals surface area contributed by atoms with Gasteiger partial charge in [0.2, 0.25) is 0 Å². The molecule has 0 saturated carbocycles. The maximum atomic E-state index is 11.0. The molecule has 0 radical (unpaired) electrons. The molecule has 1 unspecified atom stereocenters. The molecule has 2 aromatic rings. The lowest BCUT2D eigenvalue weighted by atomic mass is 10.1. The van der Waals surface area contributed by atoms with Crippen LogP contribution in [0.25, 0.3) is 11.3 Å². The molecule has 0 aliphatic heterocycles. The summed E-state index contributed by atoms with van der Waals surface area (Å²) >= 11 is 0. The number of nitro benzene ring substituents is 1. The predicted molar refractivity (Wildman–Crippen MR) is 79.4 cm³/mol. The van der Waals surface area contributed by atoms with Crippen molar-refractivity contribution in [3.8, 4) is 17.1 Å². The summed E-state index contributed by atoms with van der Waals surface area (Å²) in [6.45, 7) is 4.86. The van der Waals surface area contributed by atoms with E-state index in [-0.39, 0.29) is 17.5 Å². The predicted octanol–water partition coefficient (Wildman–Crippen LogP) is 3.53. The maximum absolute atomic E-state index is 11.0. The van der Waals surface area contributed by atoms with E-state index >= 15 is 0 Å². The summed E-state index contributed by atoms with van der Waals surface area (Å²) in [5.74, 6) is 1.63. The van der Waals surface area contributed by atoms with Crippen molar-refractivity contribution in [3.05, 3.63) is 46.2 Å². The van der Waals surface area contributed by atoms with Crippen LogP contribution in [0, 0.1) is 10.1 Å². The lowest BCUT2D eigenvalue weighted by Gasteiger charge is -2.08. The molecule has 21 heavy (non-hydrogen) atoms. The lowest BCUT2D eigenvalue weighted by Crippen LogP contribution is -2.16. The third-order valence-electron chi connectivity index (χ3n) is 3.22. The first-order valence-corrected chi connectivity index (χ1v) is 6.72. The van der Waals surface area contributed by atoms with E-state index in [2.05, 4.69) is 5.32 Å². The van der Waals surface area contributed by atoms with Gasteiger partial charge in [-0.15, -0.1) is 0 Å². The number of benzene rings is 1. The number of nitrogens with zero attached hydrogens (tertiary/aromatic N) is 1. The number of furan rings is 1. The molecule has 6 heteroatoms. The summed E-state index contributed by atoms with van der Waals surface area (Å²) < 4.78 is 10.8. The molecule has 112 valence electrons. The highest BCUT2D eigenvalue weighted by Crippen LogP contribution is 2.33. The number of hydrogen-bond acceptors (Lipinski definition) is 5. The summed E-state index contributed by atoms with van der Waals surface area (Å²) in [7, 11) is 1.41. The molecular formula is C15H18N2O4. The van der Waals surface area contributed by atoms with Crippen LogP contribution in [-0.4, -0.2) is 18.6 Å². The summed E-state index contributed by atoms with van der Waals surface area (Å²) in [5, 5.41) is 14.3. The largest absolute Gasteiger partial charge is 0.490 e. The number of rotatable bonds is 6. The average molecular weight is 290 g/mol. The second kappa shape index (κ2) is 6.41. The minimum Gasteiger partial charge on any atom is -0.490 e. The Labute approximate surface area is 122 Å². The zero-order valence-electron chi connectivity index (χ0n) is 12.3. The van der Waals surface area contributed by atoms with E-state index in [4.69, 9.17) is 9.15 Å². The van der Waals surface area contributed by atoms with Crippen LogP contribution < -0.4 is 10.1 Å². The highest BCUT2D eigenvalue weighted by atomic mass is 16.6. The topological polar surface area (TPSA) is 77.5 Å². The molecule has 1 aromatic heterocycles. The lowest BCUT2D eigenvalue weighted by molar-refractivity contribution is -0.385. The minimum atomic E-state index is -0.465. The van der Waals surface area contributed by atoms with Gasteiger partial charge in [-0.05, 0) is 37.7 Å². The molecule has 0 amide bonds. The third-order valence-corrected chi connectivity index (χ3v) is 3.22. The number of methoxy groups -OCH3 is 1. The Balaban J connectivity index is 2.34. The number of nitro groups is 1. The molecule has 0 fully saturated rings. The quantitative estimate of drug-likeness (QED) is 0.650. The van der Waals surface area contributed by atoms with Crippen molar-refractivity contribution in [3.63, 3.8) is 0 Å². The number of hydrogen-bond donors (Lipinski definition) is 1. The summed E-state index contributed by atoms with van der Waals surface area (Å²) in [5.41, 5.74) is 0.574. The van der Waals surface area contributed by atoms with Crippen LogP contribution in [0.15, 0.2) is 34.7 Å². The van der Waals surface area contributed by atoms with Gasteiger partial charge in [0.1, 0.15) is 11.5 Å². The first-order chi connectivity index (χ1) is 10.1. The Morgan fingerprint density at radius 1 is 1.38 bits per heavy atom. The van der Waals surface area contributed by atoms with Crippen LogP contribution in [-0.2, 0) is 0 Å². The standard InChI is InChI=1S/C15H18N2O4/c1-4-16-10(2)13-7-8-14(21-13)11-5-6-15(20-3)12(9-11)17(18)19/h5-10,16H,4H2,1-3H3. The normalized spacial score (nSPS) is 12.1. The Kier molecular flexibility index (Phi) is 4.59. The molecule has 0 aliphatic rings. The Bertz CT molecular complexity index is 636. The molecule has 1 heterocycles. The molecule has 0 spiro atoms. The molecule has 1 N–H and O–H groups in total. The number of ether oxygens (including phenoxy) is 1. The fourth-order valence-corrected chi connectivity index (χ4v) is 2.13. The first kappa shape index (κ1) is 15.1. The van der Waals surface area contributed by atoms with E-state index in [1.807, 2.05) is 26.0 Å². The van der Waals surface area contributed by atoms with Gasteiger partial charge >= 0.3 is 5.69 Å². The van der Waals surface area contributed by atoms with Crippen LogP contribution in [0.1, 0.15) is 25.6 Å². The molecule has 0 saturated heterocycles. The van der Waals surface area contributed by atoms with E-state index in [1.165, 1.54) is 13.2 Å². The van der Waals surface area contributed by atoms with Gasteiger partial charge in [-0.1, -0.05) is 6.92 Å². The van der Waals surface area contributed by atoms with Gasteiger partial charge in [0, 0.05) is 11.6 Å². The second-order valence-corrected chi connectivity index (χ2v) is 4.63. The smallest absolute Gasteiger partial charge is 0.311 e. The van der Waals surface area contributed by atoms with Crippen molar-refractivity contribution >= 4 is 5.69 Å². The van der Waals surface area contributed by atoms with Gasteiger partial charge in [0.05, 0.1) is 18.1 Å². The average Bonchev–Trinajstić information content (AvgIpc) is 2.96. The second-order valence-electron chi connectivity index (χ2n) is 4.63. The summed E-state index contributed by atoms with van der Waals surface area (Å²) in [6, 6.07) is 8.56. The van der Waals surface area contributed by atoms with Crippen LogP contribution >= 0.6 is 0 Å². The van der Waals surface area contributed by atoms with Gasteiger partial charge in [-0.25, -0.2) is 0 Å². The van der Waals surface area contributed by atoms with Crippen LogP contribution in [0.2, 0.25) is 0 Å². The van der Waals surface area contributed by atoms with Gasteiger partial charge in [-0.2, -0.15) is 0 Å². The fraction of sp³-hybridized carbons (Fsp3) is 0.333. The minimum absolute atomic E-state index is 0.0762. The Hall–Kier alpha value is -2.34. The molecule has 2 rings (SSSR count). The molecule has 0 bridgehead atoms. The van der Waals surface area contributed by atoms with Crippen molar-refractivity contribution in [1.29, 1.82) is 0 Å². The van der Waals surface area contributed by atoms with Gasteiger partial charge < -0.3 is 14.5 Å². The zero-order valence-corrected chi connectivity index (χ0v) is 12.3. The van der Waals surface area contributed by atoms with Gasteiger partial charge in [0.25, 0.3) is 0 Å². The zero-order chi connectivity index (χ0) is 15.4. The number of nitrogens with one attached hydrogen (secondary N) is 1. The highest BCUT2D eigenvalue weighted by molar-refractivity contribution is 5.65. The molecule has 6 nitrogen and oxygen atoms in total. The van der Waals surface area contributed by atoms with Crippen molar-refractivity contribution in [2.24, 2.45) is 0 Å². The molecule has 1 atom stereocenters.